The number of anilines is 1. The Bertz CT molecular complexity index is 607. The van der Waals surface area contributed by atoms with Gasteiger partial charge in [0.15, 0.2) is 9.84 Å². The maximum atomic E-state index is 11.8. The van der Waals surface area contributed by atoms with E-state index in [2.05, 4.69) is 10.6 Å². The molecule has 0 heterocycles. The highest BCUT2D eigenvalue weighted by Gasteiger charge is 2.14. The zero-order chi connectivity index (χ0) is 15.6. The molecule has 1 aromatic carbocycles. The highest BCUT2D eigenvalue weighted by Crippen LogP contribution is 2.25. The third kappa shape index (κ3) is 5.48. The van der Waals surface area contributed by atoms with E-state index < -0.39 is 9.84 Å². The third-order valence-corrected chi connectivity index (χ3v) is 3.86. The van der Waals surface area contributed by atoms with Crippen LogP contribution in [0.5, 0.6) is 0 Å². The lowest BCUT2D eigenvalue weighted by atomic mass is 10.1. The highest BCUT2D eigenvalue weighted by molar-refractivity contribution is 7.90. The van der Waals surface area contributed by atoms with Gasteiger partial charge in [-0.05, 0) is 39.0 Å². The van der Waals surface area contributed by atoms with Crippen molar-refractivity contribution in [2.24, 2.45) is 0 Å². The van der Waals surface area contributed by atoms with E-state index in [4.69, 9.17) is 11.6 Å². The van der Waals surface area contributed by atoms with E-state index in [1.54, 1.807) is 0 Å². The first-order valence-electron chi connectivity index (χ1n) is 6.03. The van der Waals surface area contributed by atoms with Crippen LogP contribution in [0.3, 0.4) is 0 Å². The monoisotopic (exact) mass is 318 g/mol. The SMILES string of the molecule is CC(C)(C)NCC(=O)Nc1cc(S(C)(=O)=O)ccc1Cl. The van der Waals surface area contributed by atoms with Crippen LogP contribution in [0.25, 0.3) is 0 Å². The molecule has 5 nitrogen and oxygen atoms in total. The van der Waals surface area contributed by atoms with Gasteiger partial charge in [-0.25, -0.2) is 8.42 Å². The zero-order valence-electron chi connectivity index (χ0n) is 12.0. The van der Waals surface area contributed by atoms with Gasteiger partial charge >= 0.3 is 0 Å². The molecule has 0 aliphatic carbocycles. The molecule has 0 bridgehead atoms. The van der Waals surface area contributed by atoms with E-state index in [1.165, 1.54) is 18.2 Å². The van der Waals surface area contributed by atoms with Crippen molar-refractivity contribution in [1.29, 1.82) is 0 Å². The van der Waals surface area contributed by atoms with E-state index in [0.29, 0.717) is 5.02 Å². The van der Waals surface area contributed by atoms with Crippen molar-refractivity contribution in [3.8, 4) is 0 Å². The summed E-state index contributed by atoms with van der Waals surface area (Å²) >= 11 is 5.95. The molecule has 0 fully saturated rings. The molecule has 0 saturated heterocycles. The molecule has 112 valence electrons. The molecule has 0 atom stereocenters. The summed E-state index contributed by atoms with van der Waals surface area (Å²) in [7, 11) is -3.34. The predicted molar refractivity (Wildman–Crippen MR) is 80.9 cm³/mol. The Morgan fingerprint density at radius 2 is 1.90 bits per heavy atom. The Labute approximate surface area is 124 Å². The molecule has 1 aromatic rings. The number of amides is 1. The molecular formula is C13H19ClN2O3S. The summed E-state index contributed by atoms with van der Waals surface area (Å²) in [6.45, 7) is 5.94. The molecule has 0 radical (unpaired) electrons. The van der Waals surface area contributed by atoms with Gasteiger partial charge in [-0.2, -0.15) is 0 Å². The van der Waals surface area contributed by atoms with Crippen molar-refractivity contribution < 1.29 is 13.2 Å². The number of sulfone groups is 1. The number of nitrogens with one attached hydrogen (secondary N) is 2. The minimum Gasteiger partial charge on any atom is -0.324 e. The van der Waals surface area contributed by atoms with Gasteiger partial charge in [0.1, 0.15) is 0 Å². The maximum absolute atomic E-state index is 11.8. The standard InChI is InChI=1S/C13H19ClN2O3S/c1-13(2,3)15-8-12(17)16-11-7-9(20(4,18)19)5-6-10(11)14/h5-7,15H,8H2,1-4H3,(H,16,17). The molecule has 2 N–H and O–H groups in total. The van der Waals surface area contributed by atoms with Crippen LogP contribution in [-0.4, -0.2) is 32.7 Å². The molecule has 0 aromatic heterocycles. The first-order valence-corrected chi connectivity index (χ1v) is 8.30. The molecule has 1 amide bonds. The summed E-state index contributed by atoms with van der Waals surface area (Å²) in [5.41, 5.74) is 0.103. The van der Waals surface area contributed by atoms with Crippen LogP contribution in [0.2, 0.25) is 5.02 Å². The zero-order valence-corrected chi connectivity index (χ0v) is 13.5. The minimum atomic E-state index is -3.34. The predicted octanol–water partition coefficient (Wildman–Crippen LogP) is 2.07. The first kappa shape index (κ1) is 16.9. The van der Waals surface area contributed by atoms with E-state index >= 15 is 0 Å². The number of hydrogen-bond acceptors (Lipinski definition) is 4. The Morgan fingerprint density at radius 1 is 1.30 bits per heavy atom. The highest BCUT2D eigenvalue weighted by atomic mass is 35.5. The van der Waals surface area contributed by atoms with E-state index in [9.17, 15) is 13.2 Å². The van der Waals surface area contributed by atoms with Crippen LogP contribution >= 0.6 is 11.6 Å². The lowest BCUT2D eigenvalue weighted by Crippen LogP contribution is -2.41. The summed E-state index contributed by atoms with van der Waals surface area (Å²) in [6, 6.07) is 4.21. The van der Waals surface area contributed by atoms with E-state index in [1.807, 2.05) is 20.8 Å². The van der Waals surface area contributed by atoms with Gasteiger partial charge in [0.05, 0.1) is 22.2 Å². The van der Waals surface area contributed by atoms with Crippen LogP contribution in [0.15, 0.2) is 23.1 Å². The topological polar surface area (TPSA) is 75.3 Å². The van der Waals surface area contributed by atoms with Crippen molar-refractivity contribution in [3.05, 3.63) is 23.2 Å². The number of carbonyl (C=O) groups is 1. The number of hydrogen-bond donors (Lipinski definition) is 2. The van der Waals surface area contributed by atoms with Crippen molar-refractivity contribution in [2.75, 3.05) is 18.1 Å². The van der Waals surface area contributed by atoms with Crippen molar-refractivity contribution in [2.45, 2.75) is 31.2 Å². The average molecular weight is 319 g/mol. The molecule has 7 heteroatoms. The average Bonchev–Trinajstić information content (AvgIpc) is 2.27. The Hall–Kier alpha value is -1.11. The molecule has 0 unspecified atom stereocenters. The lowest BCUT2D eigenvalue weighted by molar-refractivity contribution is -0.115. The fraction of sp³-hybridized carbons (Fsp3) is 0.462. The second kappa shape index (κ2) is 6.11. The molecule has 0 aliphatic rings. The second-order valence-electron chi connectivity index (χ2n) is 5.57. The largest absolute Gasteiger partial charge is 0.324 e. The van der Waals surface area contributed by atoms with Crippen LogP contribution in [0, 0.1) is 0 Å². The smallest absolute Gasteiger partial charge is 0.238 e. The van der Waals surface area contributed by atoms with Gasteiger partial charge in [0.25, 0.3) is 0 Å². The van der Waals surface area contributed by atoms with Gasteiger partial charge < -0.3 is 10.6 Å². The fourth-order valence-electron chi connectivity index (χ4n) is 1.37. The number of benzene rings is 1. The number of carbonyl (C=O) groups excluding carboxylic acids is 1. The van der Waals surface area contributed by atoms with Gasteiger partial charge in [-0.3, -0.25) is 4.79 Å². The summed E-state index contributed by atoms with van der Waals surface area (Å²) in [5, 5.41) is 5.92. The van der Waals surface area contributed by atoms with Crippen LogP contribution < -0.4 is 10.6 Å². The summed E-state index contributed by atoms with van der Waals surface area (Å²) in [4.78, 5) is 11.9. The summed E-state index contributed by atoms with van der Waals surface area (Å²) in [5.74, 6) is -0.285. The van der Waals surface area contributed by atoms with Gasteiger partial charge in [0.2, 0.25) is 5.91 Å². The lowest BCUT2D eigenvalue weighted by Gasteiger charge is -2.20. The van der Waals surface area contributed by atoms with Crippen LogP contribution in [0.1, 0.15) is 20.8 Å². The summed E-state index contributed by atoms with van der Waals surface area (Å²) < 4.78 is 22.9. The van der Waals surface area contributed by atoms with E-state index in [-0.39, 0.29) is 28.6 Å². The molecule has 0 aliphatic heterocycles. The van der Waals surface area contributed by atoms with Crippen molar-refractivity contribution >= 4 is 33.0 Å². The minimum absolute atomic E-state index is 0.112. The van der Waals surface area contributed by atoms with E-state index in [0.717, 1.165) is 6.26 Å². The summed E-state index contributed by atoms with van der Waals surface area (Å²) in [6.07, 6.45) is 1.10. The Morgan fingerprint density at radius 3 is 2.40 bits per heavy atom. The third-order valence-electron chi connectivity index (χ3n) is 2.42. The number of rotatable bonds is 4. The van der Waals surface area contributed by atoms with Crippen molar-refractivity contribution in [3.63, 3.8) is 0 Å². The van der Waals surface area contributed by atoms with Crippen LogP contribution in [-0.2, 0) is 14.6 Å². The molecule has 1 rings (SSSR count). The molecular weight excluding hydrogens is 300 g/mol. The van der Waals surface area contributed by atoms with Gasteiger partial charge in [0, 0.05) is 11.8 Å². The normalized spacial score (nSPS) is 12.2. The van der Waals surface area contributed by atoms with Gasteiger partial charge in [-0.15, -0.1) is 0 Å². The molecule has 0 spiro atoms. The molecule has 0 saturated carbocycles. The quantitative estimate of drug-likeness (QED) is 0.891. The van der Waals surface area contributed by atoms with Gasteiger partial charge in [-0.1, -0.05) is 11.6 Å². The Kier molecular flexibility index (Phi) is 5.18. The maximum Gasteiger partial charge on any atom is 0.238 e. The second-order valence-corrected chi connectivity index (χ2v) is 7.99. The number of halogens is 1. The van der Waals surface area contributed by atoms with Crippen LogP contribution in [0.4, 0.5) is 5.69 Å². The Balaban J connectivity index is 2.85. The van der Waals surface area contributed by atoms with Crippen molar-refractivity contribution in [1.82, 2.24) is 5.32 Å². The fourth-order valence-corrected chi connectivity index (χ4v) is 2.18. The molecule has 20 heavy (non-hydrogen) atoms. The first-order chi connectivity index (χ1) is 8.99.